The van der Waals surface area contributed by atoms with Crippen LogP contribution in [0.2, 0.25) is 0 Å². The Bertz CT molecular complexity index is 166. The van der Waals surface area contributed by atoms with E-state index in [4.69, 9.17) is 4.74 Å². The second-order valence-electron chi connectivity index (χ2n) is 3.66. The van der Waals surface area contributed by atoms with Gasteiger partial charge in [-0.25, -0.2) is 0 Å². The van der Waals surface area contributed by atoms with Gasteiger partial charge in [-0.1, -0.05) is 0 Å². The molecule has 2 unspecified atom stereocenters. The van der Waals surface area contributed by atoms with Gasteiger partial charge in [0, 0.05) is 19.2 Å². The van der Waals surface area contributed by atoms with Crippen LogP contribution < -0.4 is 5.32 Å². The van der Waals surface area contributed by atoms with Crippen molar-refractivity contribution in [1.82, 2.24) is 5.32 Å². The SMILES string of the molecule is CC(NCCC(F)(F)F)C1CCCO1. The summed E-state index contributed by atoms with van der Waals surface area (Å²) in [6.07, 6.45) is -2.80. The molecule has 1 rings (SSSR count). The van der Waals surface area contributed by atoms with Crippen LogP contribution >= 0.6 is 0 Å². The molecule has 0 aromatic rings. The van der Waals surface area contributed by atoms with Gasteiger partial charge in [-0.15, -0.1) is 0 Å². The van der Waals surface area contributed by atoms with E-state index in [1.165, 1.54) is 0 Å². The second-order valence-corrected chi connectivity index (χ2v) is 3.66. The minimum Gasteiger partial charge on any atom is -0.377 e. The van der Waals surface area contributed by atoms with Gasteiger partial charge in [0.15, 0.2) is 0 Å². The Morgan fingerprint density at radius 3 is 2.71 bits per heavy atom. The standard InChI is InChI=1S/C9H16F3NO/c1-7(8-3-2-6-14-8)13-5-4-9(10,11)12/h7-8,13H,2-6H2,1H3. The maximum Gasteiger partial charge on any atom is 0.390 e. The number of nitrogens with one attached hydrogen (secondary N) is 1. The average molecular weight is 211 g/mol. The normalized spacial score (nSPS) is 25.3. The summed E-state index contributed by atoms with van der Waals surface area (Å²) in [5.74, 6) is 0. The summed E-state index contributed by atoms with van der Waals surface area (Å²) in [6.45, 7) is 2.58. The molecular formula is C9H16F3NO. The van der Waals surface area contributed by atoms with Crippen molar-refractivity contribution in [3.63, 3.8) is 0 Å². The van der Waals surface area contributed by atoms with E-state index in [0.29, 0.717) is 0 Å². The molecule has 0 aromatic carbocycles. The fourth-order valence-corrected chi connectivity index (χ4v) is 1.57. The first-order valence-corrected chi connectivity index (χ1v) is 4.91. The Labute approximate surface area is 81.8 Å². The third-order valence-corrected chi connectivity index (χ3v) is 2.40. The van der Waals surface area contributed by atoms with E-state index < -0.39 is 12.6 Å². The van der Waals surface area contributed by atoms with Gasteiger partial charge in [-0.05, 0) is 19.8 Å². The van der Waals surface area contributed by atoms with Crippen molar-refractivity contribution in [3.05, 3.63) is 0 Å². The van der Waals surface area contributed by atoms with Gasteiger partial charge in [-0.3, -0.25) is 0 Å². The first-order chi connectivity index (χ1) is 6.49. The Hall–Kier alpha value is -0.290. The highest BCUT2D eigenvalue weighted by Gasteiger charge is 2.28. The first-order valence-electron chi connectivity index (χ1n) is 4.91. The van der Waals surface area contributed by atoms with Crippen molar-refractivity contribution in [1.29, 1.82) is 0 Å². The predicted octanol–water partition coefficient (Wildman–Crippen LogP) is 2.10. The fraction of sp³-hybridized carbons (Fsp3) is 1.00. The lowest BCUT2D eigenvalue weighted by atomic mass is 10.1. The van der Waals surface area contributed by atoms with E-state index in [1.54, 1.807) is 0 Å². The number of hydrogen-bond acceptors (Lipinski definition) is 2. The highest BCUT2D eigenvalue weighted by molar-refractivity contribution is 4.76. The molecule has 1 heterocycles. The van der Waals surface area contributed by atoms with E-state index >= 15 is 0 Å². The predicted molar refractivity (Wildman–Crippen MR) is 47.1 cm³/mol. The Morgan fingerprint density at radius 2 is 2.21 bits per heavy atom. The van der Waals surface area contributed by atoms with Crippen molar-refractivity contribution in [3.8, 4) is 0 Å². The molecule has 0 aliphatic carbocycles. The number of halogens is 3. The quantitative estimate of drug-likeness (QED) is 0.768. The number of ether oxygens (including phenoxy) is 1. The van der Waals surface area contributed by atoms with Crippen LogP contribution in [0.15, 0.2) is 0 Å². The summed E-state index contributed by atoms with van der Waals surface area (Å²) < 4.78 is 40.8. The summed E-state index contributed by atoms with van der Waals surface area (Å²) in [6, 6.07) is 0.0137. The molecule has 1 aliphatic heterocycles. The first kappa shape index (κ1) is 11.8. The summed E-state index contributed by atoms with van der Waals surface area (Å²) in [5.41, 5.74) is 0. The van der Waals surface area contributed by atoms with Crippen LogP contribution in [0.4, 0.5) is 13.2 Å². The van der Waals surface area contributed by atoms with Crippen molar-refractivity contribution in [2.75, 3.05) is 13.2 Å². The molecule has 5 heteroatoms. The summed E-state index contributed by atoms with van der Waals surface area (Å²) in [5, 5.41) is 2.84. The Balaban J connectivity index is 2.11. The Kier molecular flexibility index (Phi) is 4.19. The van der Waals surface area contributed by atoms with E-state index in [9.17, 15) is 13.2 Å². The van der Waals surface area contributed by atoms with E-state index in [0.717, 1.165) is 19.4 Å². The molecule has 1 aliphatic rings. The zero-order valence-corrected chi connectivity index (χ0v) is 8.23. The maximum atomic E-state index is 11.8. The summed E-state index contributed by atoms with van der Waals surface area (Å²) >= 11 is 0. The smallest absolute Gasteiger partial charge is 0.377 e. The minimum absolute atomic E-state index is 0.0137. The van der Waals surface area contributed by atoms with Gasteiger partial charge in [0.25, 0.3) is 0 Å². The van der Waals surface area contributed by atoms with Crippen molar-refractivity contribution in [2.24, 2.45) is 0 Å². The molecule has 1 fully saturated rings. The lowest BCUT2D eigenvalue weighted by molar-refractivity contribution is -0.133. The second kappa shape index (κ2) is 4.98. The summed E-state index contributed by atoms with van der Waals surface area (Å²) in [4.78, 5) is 0. The highest BCUT2D eigenvalue weighted by Crippen LogP contribution is 2.19. The molecule has 0 amide bonds. The molecule has 1 saturated heterocycles. The molecule has 0 saturated carbocycles. The lowest BCUT2D eigenvalue weighted by Gasteiger charge is -2.20. The van der Waals surface area contributed by atoms with Gasteiger partial charge in [0.1, 0.15) is 0 Å². The Morgan fingerprint density at radius 1 is 1.50 bits per heavy atom. The van der Waals surface area contributed by atoms with E-state index in [-0.39, 0.29) is 18.7 Å². The van der Waals surface area contributed by atoms with E-state index in [2.05, 4.69) is 5.32 Å². The minimum atomic E-state index is -4.07. The van der Waals surface area contributed by atoms with Crippen LogP contribution in [0.3, 0.4) is 0 Å². The molecule has 84 valence electrons. The van der Waals surface area contributed by atoms with Crippen LogP contribution in [0, 0.1) is 0 Å². The summed E-state index contributed by atoms with van der Waals surface area (Å²) in [7, 11) is 0. The molecule has 0 aromatic heterocycles. The molecule has 0 radical (unpaired) electrons. The van der Waals surface area contributed by atoms with Crippen molar-refractivity contribution < 1.29 is 17.9 Å². The van der Waals surface area contributed by atoms with Gasteiger partial charge in [-0.2, -0.15) is 13.2 Å². The molecule has 1 N–H and O–H groups in total. The van der Waals surface area contributed by atoms with Gasteiger partial charge in [0.05, 0.1) is 12.5 Å². The van der Waals surface area contributed by atoms with Crippen LogP contribution in [-0.2, 0) is 4.74 Å². The average Bonchev–Trinajstić information content (AvgIpc) is 2.53. The molecule has 14 heavy (non-hydrogen) atoms. The lowest BCUT2D eigenvalue weighted by Crippen LogP contribution is -2.38. The van der Waals surface area contributed by atoms with E-state index in [1.807, 2.05) is 6.92 Å². The van der Waals surface area contributed by atoms with Crippen molar-refractivity contribution in [2.45, 2.75) is 44.5 Å². The largest absolute Gasteiger partial charge is 0.390 e. The zero-order valence-electron chi connectivity index (χ0n) is 8.23. The van der Waals surface area contributed by atoms with Crippen LogP contribution in [-0.4, -0.2) is 31.5 Å². The molecule has 0 bridgehead atoms. The molecule has 2 nitrogen and oxygen atoms in total. The zero-order chi connectivity index (χ0) is 10.6. The molecular weight excluding hydrogens is 195 g/mol. The molecule has 0 spiro atoms. The third kappa shape index (κ3) is 4.28. The highest BCUT2D eigenvalue weighted by atomic mass is 19.4. The third-order valence-electron chi connectivity index (χ3n) is 2.40. The van der Waals surface area contributed by atoms with Crippen LogP contribution in [0.25, 0.3) is 0 Å². The monoisotopic (exact) mass is 211 g/mol. The number of hydrogen-bond donors (Lipinski definition) is 1. The van der Waals surface area contributed by atoms with Crippen LogP contribution in [0.1, 0.15) is 26.2 Å². The number of alkyl halides is 3. The van der Waals surface area contributed by atoms with Crippen LogP contribution in [0.5, 0.6) is 0 Å². The number of rotatable bonds is 4. The topological polar surface area (TPSA) is 21.3 Å². The molecule has 2 atom stereocenters. The maximum absolute atomic E-state index is 11.8. The fourth-order valence-electron chi connectivity index (χ4n) is 1.57. The van der Waals surface area contributed by atoms with Crippen molar-refractivity contribution >= 4 is 0 Å². The van der Waals surface area contributed by atoms with Gasteiger partial charge >= 0.3 is 6.18 Å². The van der Waals surface area contributed by atoms with Gasteiger partial charge < -0.3 is 10.1 Å². The van der Waals surface area contributed by atoms with Gasteiger partial charge in [0.2, 0.25) is 0 Å².